The molecule has 8 heteroatoms. The van der Waals surface area contributed by atoms with Gasteiger partial charge in [0.2, 0.25) is 5.91 Å². The smallest absolute Gasteiger partial charge is 0.244 e. The van der Waals surface area contributed by atoms with Gasteiger partial charge >= 0.3 is 0 Å². The fraction of sp³-hybridized carbons (Fsp3) is 0.160. The van der Waals surface area contributed by atoms with Crippen LogP contribution in [0.1, 0.15) is 17.1 Å². The zero-order valence-electron chi connectivity index (χ0n) is 18.6. The number of furan rings is 1. The molecule has 0 spiro atoms. The van der Waals surface area contributed by atoms with Crippen LogP contribution in [-0.4, -0.2) is 30.1 Å². The van der Waals surface area contributed by atoms with Gasteiger partial charge in [-0.1, -0.05) is 12.1 Å². The van der Waals surface area contributed by atoms with Crippen LogP contribution < -0.4 is 20.1 Å². The lowest BCUT2D eigenvalue weighted by Gasteiger charge is -2.12. The molecular formula is C25H24N4O4. The van der Waals surface area contributed by atoms with Crippen molar-refractivity contribution in [1.29, 1.82) is 0 Å². The summed E-state index contributed by atoms with van der Waals surface area (Å²) in [6, 6.07) is 15.0. The first-order valence-corrected chi connectivity index (χ1v) is 10.3. The van der Waals surface area contributed by atoms with Crippen LogP contribution in [0, 0.1) is 6.92 Å². The van der Waals surface area contributed by atoms with Gasteiger partial charge in [-0.15, -0.1) is 0 Å². The number of benzene rings is 2. The Morgan fingerprint density at radius 1 is 1.03 bits per heavy atom. The number of nitrogens with one attached hydrogen (secondary N) is 2. The molecule has 2 heterocycles. The number of hydrogen-bond donors (Lipinski definition) is 2. The maximum absolute atomic E-state index is 12.0. The number of anilines is 2. The van der Waals surface area contributed by atoms with Gasteiger partial charge in [-0.05, 0) is 48.9 Å². The molecule has 0 aliphatic heterocycles. The summed E-state index contributed by atoms with van der Waals surface area (Å²) in [6.07, 6.45) is 4.75. The maximum Gasteiger partial charge on any atom is 0.244 e. The Morgan fingerprint density at radius 3 is 2.48 bits per heavy atom. The molecule has 0 aliphatic carbocycles. The largest absolute Gasteiger partial charge is 0.493 e. The SMILES string of the molecule is COc1cc2ncnc(Nc3ccc(C=CC(=O)NCc4ccc(C)o4)cc3)c2cc1OC. The molecule has 168 valence electrons. The highest BCUT2D eigenvalue weighted by molar-refractivity contribution is 5.93. The Kier molecular flexibility index (Phi) is 6.54. The highest BCUT2D eigenvalue weighted by Gasteiger charge is 2.11. The maximum atomic E-state index is 12.0. The van der Waals surface area contributed by atoms with Crippen molar-refractivity contribution in [2.24, 2.45) is 0 Å². The molecule has 4 aromatic rings. The third-order valence-electron chi connectivity index (χ3n) is 4.97. The van der Waals surface area contributed by atoms with Crippen molar-refractivity contribution in [3.8, 4) is 11.5 Å². The van der Waals surface area contributed by atoms with Gasteiger partial charge in [-0.2, -0.15) is 0 Å². The number of ether oxygens (including phenoxy) is 2. The zero-order chi connectivity index (χ0) is 23.2. The Balaban J connectivity index is 1.42. The minimum absolute atomic E-state index is 0.192. The number of rotatable bonds is 8. The number of carbonyl (C=O) groups is 1. The molecule has 0 bridgehead atoms. The standard InChI is InChI=1S/C25H24N4O4/c1-16-4-10-19(33-16)14-26-24(30)11-7-17-5-8-18(9-6-17)29-25-20-12-22(31-2)23(32-3)13-21(20)27-15-28-25/h4-13,15H,14H2,1-3H3,(H,26,30)(H,27,28,29). The zero-order valence-corrected chi connectivity index (χ0v) is 18.6. The third-order valence-corrected chi connectivity index (χ3v) is 4.97. The van der Waals surface area contributed by atoms with Gasteiger partial charge in [0.25, 0.3) is 0 Å². The van der Waals surface area contributed by atoms with E-state index in [9.17, 15) is 4.79 Å². The summed E-state index contributed by atoms with van der Waals surface area (Å²) >= 11 is 0. The summed E-state index contributed by atoms with van der Waals surface area (Å²) in [7, 11) is 3.18. The molecule has 0 saturated carbocycles. The number of nitrogens with zero attached hydrogens (tertiary/aromatic N) is 2. The summed E-state index contributed by atoms with van der Waals surface area (Å²) in [4.78, 5) is 20.7. The number of amides is 1. The quantitative estimate of drug-likeness (QED) is 0.383. The number of fused-ring (bicyclic) bond motifs is 1. The van der Waals surface area contributed by atoms with Crippen LogP contribution in [0.4, 0.5) is 11.5 Å². The molecule has 4 rings (SSSR count). The van der Waals surface area contributed by atoms with Crippen molar-refractivity contribution >= 4 is 34.4 Å². The number of hydrogen-bond acceptors (Lipinski definition) is 7. The summed E-state index contributed by atoms with van der Waals surface area (Å²) in [5.41, 5.74) is 2.48. The highest BCUT2D eigenvalue weighted by atomic mass is 16.5. The van der Waals surface area contributed by atoms with Crippen LogP contribution >= 0.6 is 0 Å². The van der Waals surface area contributed by atoms with Gasteiger partial charge in [0.05, 0.1) is 26.3 Å². The lowest BCUT2D eigenvalue weighted by Crippen LogP contribution is -2.19. The van der Waals surface area contributed by atoms with Gasteiger partial charge in [0, 0.05) is 23.2 Å². The first-order valence-electron chi connectivity index (χ1n) is 10.3. The molecule has 2 aromatic heterocycles. The van der Waals surface area contributed by atoms with E-state index in [0.717, 1.165) is 33.7 Å². The molecule has 2 aromatic carbocycles. The van der Waals surface area contributed by atoms with Crippen molar-refractivity contribution in [2.75, 3.05) is 19.5 Å². The van der Waals surface area contributed by atoms with Crippen molar-refractivity contribution < 1.29 is 18.7 Å². The summed E-state index contributed by atoms with van der Waals surface area (Å²) in [6.45, 7) is 2.22. The average molecular weight is 444 g/mol. The monoisotopic (exact) mass is 444 g/mol. The normalized spacial score (nSPS) is 11.0. The van der Waals surface area contributed by atoms with Crippen LogP contribution in [0.25, 0.3) is 17.0 Å². The Hall–Kier alpha value is -4.33. The van der Waals surface area contributed by atoms with E-state index < -0.39 is 0 Å². The second kappa shape index (κ2) is 9.86. The van der Waals surface area contributed by atoms with Gasteiger partial charge in [0.1, 0.15) is 23.7 Å². The minimum Gasteiger partial charge on any atom is -0.493 e. The van der Waals surface area contributed by atoms with Gasteiger partial charge in [0.15, 0.2) is 11.5 Å². The fourth-order valence-corrected chi connectivity index (χ4v) is 3.28. The number of aryl methyl sites for hydroxylation is 1. The Morgan fingerprint density at radius 2 is 1.79 bits per heavy atom. The molecule has 0 atom stereocenters. The minimum atomic E-state index is -0.192. The second-order valence-corrected chi connectivity index (χ2v) is 7.26. The predicted molar refractivity (Wildman–Crippen MR) is 127 cm³/mol. The van der Waals surface area contributed by atoms with E-state index in [2.05, 4.69) is 20.6 Å². The van der Waals surface area contributed by atoms with E-state index >= 15 is 0 Å². The molecule has 1 amide bonds. The van der Waals surface area contributed by atoms with Crippen LogP contribution in [0.15, 0.2) is 65.4 Å². The first-order chi connectivity index (χ1) is 16.1. The van der Waals surface area contributed by atoms with Crippen molar-refractivity contribution in [3.63, 3.8) is 0 Å². The van der Waals surface area contributed by atoms with Crippen molar-refractivity contribution in [1.82, 2.24) is 15.3 Å². The lowest BCUT2D eigenvalue weighted by atomic mass is 10.1. The molecule has 0 fully saturated rings. The Bertz CT molecular complexity index is 1300. The third kappa shape index (κ3) is 5.30. The van der Waals surface area contributed by atoms with Gasteiger partial charge in [-0.3, -0.25) is 4.79 Å². The number of aromatic nitrogens is 2. The first kappa shape index (κ1) is 21.9. The highest BCUT2D eigenvalue weighted by Crippen LogP contribution is 2.34. The molecule has 0 aliphatic rings. The molecule has 33 heavy (non-hydrogen) atoms. The molecular weight excluding hydrogens is 420 g/mol. The van der Waals surface area contributed by atoms with Gasteiger partial charge in [-0.25, -0.2) is 9.97 Å². The molecule has 0 saturated heterocycles. The van der Waals surface area contributed by atoms with Crippen LogP contribution in [0.2, 0.25) is 0 Å². The summed E-state index contributed by atoms with van der Waals surface area (Å²) in [5.74, 6) is 3.20. The Labute approximate surface area is 191 Å². The van der Waals surface area contributed by atoms with E-state index in [1.165, 1.54) is 12.4 Å². The van der Waals surface area contributed by atoms with E-state index in [1.54, 1.807) is 20.3 Å². The molecule has 0 radical (unpaired) electrons. The predicted octanol–water partition coefficient (Wildman–Crippen LogP) is 4.62. The number of methoxy groups -OCH3 is 2. The fourth-order valence-electron chi connectivity index (χ4n) is 3.28. The van der Waals surface area contributed by atoms with E-state index in [1.807, 2.05) is 55.5 Å². The van der Waals surface area contributed by atoms with Gasteiger partial charge < -0.3 is 24.5 Å². The molecule has 0 unspecified atom stereocenters. The second-order valence-electron chi connectivity index (χ2n) is 7.26. The topological polar surface area (TPSA) is 98.5 Å². The lowest BCUT2D eigenvalue weighted by molar-refractivity contribution is -0.116. The van der Waals surface area contributed by atoms with Crippen molar-refractivity contribution in [2.45, 2.75) is 13.5 Å². The van der Waals surface area contributed by atoms with Crippen molar-refractivity contribution in [3.05, 3.63) is 78.0 Å². The van der Waals surface area contributed by atoms with Crippen LogP contribution in [0.3, 0.4) is 0 Å². The summed E-state index contributed by atoms with van der Waals surface area (Å²) in [5, 5.41) is 6.91. The van der Waals surface area contributed by atoms with Crippen LogP contribution in [-0.2, 0) is 11.3 Å². The number of carbonyl (C=O) groups excluding carboxylic acids is 1. The molecule has 8 nitrogen and oxygen atoms in total. The average Bonchev–Trinajstić information content (AvgIpc) is 3.26. The van der Waals surface area contributed by atoms with E-state index in [0.29, 0.717) is 23.9 Å². The van der Waals surface area contributed by atoms with Crippen LogP contribution in [0.5, 0.6) is 11.5 Å². The van der Waals surface area contributed by atoms with E-state index in [-0.39, 0.29) is 5.91 Å². The van der Waals surface area contributed by atoms with E-state index in [4.69, 9.17) is 13.9 Å². The summed E-state index contributed by atoms with van der Waals surface area (Å²) < 4.78 is 16.2. The molecule has 2 N–H and O–H groups in total.